The molecular weight excluding hydrogens is 502 g/mol. The molecule has 1 aliphatic heterocycles. The molecule has 0 radical (unpaired) electrons. The van der Waals surface area contributed by atoms with Crippen molar-refractivity contribution in [2.24, 2.45) is 11.1 Å². The molecule has 0 bridgehead atoms. The summed E-state index contributed by atoms with van der Waals surface area (Å²) in [6.07, 6.45) is 7.41. The van der Waals surface area contributed by atoms with Crippen LogP contribution in [-0.2, 0) is 16.1 Å². The summed E-state index contributed by atoms with van der Waals surface area (Å²) in [6, 6.07) is 16.9. The number of Topliss-reactive ketones (excluding diaryl/α,β-unsaturated/α-hetero) is 1. The van der Waals surface area contributed by atoms with Crippen LogP contribution in [0.15, 0.2) is 59.8 Å². The molecule has 206 valence electrons. The average Bonchev–Trinajstić information content (AvgIpc) is 3.30. The normalized spacial score (nSPS) is 16.1. The lowest BCUT2D eigenvalue weighted by molar-refractivity contribution is -0.149. The Bertz CT molecular complexity index is 1500. The molecule has 0 spiro atoms. The highest BCUT2D eigenvalue weighted by atomic mass is 16.7. The van der Waals surface area contributed by atoms with Gasteiger partial charge in [-0.2, -0.15) is 0 Å². The Balaban J connectivity index is 1.53. The smallest absolute Gasteiger partial charge is 0.338 e. The molecule has 6 heteroatoms. The number of nitrogens with zero attached hydrogens (tertiary/aromatic N) is 1. The second-order valence-corrected chi connectivity index (χ2v) is 10.8. The summed E-state index contributed by atoms with van der Waals surface area (Å²) in [4.78, 5) is 44.5. The van der Waals surface area contributed by atoms with Crippen molar-refractivity contribution in [1.29, 1.82) is 0 Å². The number of ether oxygens (including phenoxy) is 1. The molecule has 5 rings (SSSR count). The van der Waals surface area contributed by atoms with Crippen molar-refractivity contribution >= 4 is 23.4 Å². The van der Waals surface area contributed by atoms with Gasteiger partial charge in [0.05, 0.1) is 11.5 Å². The van der Waals surface area contributed by atoms with Crippen LogP contribution in [0.1, 0.15) is 94.8 Å². The first-order valence-corrected chi connectivity index (χ1v) is 14.3. The molecule has 3 aromatic carbocycles. The molecule has 2 aliphatic rings. The fourth-order valence-corrected chi connectivity index (χ4v) is 5.61. The van der Waals surface area contributed by atoms with Crippen LogP contribution in [0.3, 0.4) is 0 Å². The maximum Gasteiger partial charge on any atom is 0.338 e. The first kappa shape index (κ1) is 27.5. The number of unbranched alkanes of at least 4 members (excludes halogenated alkanes) is 1. The molecule has 0 atom stereocenters. The van der Waals surface area contributed by atoms with E-state index in [2.05, 4.69) is 12.1 Å². The lowest BCUT2D eigenvalue weighted by atomic mass is 9.88. The summed E-state index contributed by atoms with van der Waals surface area (Å²) >= 11 is 0. The quantitative estimate of drug-likeness (QED) is 0.168. The number of oxime groups is 1. The van der Waals surface area contributed by atoms with E-state index in [0.29, 0.717) is 22.4 Å². The van der Waals surface area contributed by atoms with Gasteiger partial charge >= 0.3 is 11.9 Å². The Morgan fingerprint density at radius 2 is 1.73 bits per heavy atom. The van der Waals surface area contributed by atoms with Crippen LogP contribution in [0.2, 0.25) is 0 Å². The van der Waals surface area contributed by atoms with Crippen molar-refractivity contribution in [3.05, 3.63) is 88.0 Å². The lowest BCUT2D eigenvalue weighted by Gasteiger charge is -2.18. The number of aryl methyl sites for hydroxylation is 3. The Hall–Kier alpha value is -4.06. The van der Waals surface area contributed by atoms with Gasteiger partial charge in [-0.05, 0) is 79.1 Å². The summed E-state index contributed by atoms with van der Waals surface area (Å²) in [5.41, 5.74) is 6.09. The van der Waals surface area contributed by atoms with Crippen LogP contribution in [0.25, 0.3) is 11.1 Å². The molecule has 1 fully saturated rings. The zero-order valence-electron chi connectivity index (χ0n) is 23.4. The van der Waals surface area contributed by atoms with Gasteiger partial charge in [-0.3, -0.25) is 9.59 Å². The Morgan fingerprint density at radius 3 is 2.48 bits per heavy atom. The minimum atomic E-state index is -0.417. The summed E-state index contributed by atoms with van der Waals surface area (Å²) in [7, 11) is 0. The number of ketones is 2. The van der Waals surface area contributed by atoms with Crippen molar-refractivity contribution in [2.75, 3.05) is 0 Å². The van der Waals surface area contributed by atoms with E-state index in [9.17, 15) is 14.4 Å². The van der Waals surface area contributed by atoms with Crippen molar-refractivity contribution in [3.63, 3.8) is 0 Å². The van der Waals surface area contributed by atoms with Gasteiger partial charge in [0.1, 0.15) is 5.75 Å². The number of carbonyl (C=O) groups excluding carboxylic acids is 3. The molecule has 1 saturated carbocycles. The SMILES string of the molecule is CCCCc1ccc2c(c1-c1cc(C(=O)c3ccccc3C)ccc1C)O/C(=N\OC(=O)C1CCCCC1)C2=O. The molecule has 0 N–H and O–H groups in total. The van der Waals surface area contributed by atoms with Gasteiger partial charge in [0.25, 0.3) is 5.78 Å². The van der Waals surface area contributed by atoms with E-state index in [1.54, 1.807) is 6.07 Å². The maximum atomic E-state index is 13.5. The van der Waals surface area contributed by atoms with E-state index in [0.717, 1.165) is 79.2 Å². The zero-order valence-corrected chi connectivity index (χ0v) is 23.4. The van der Waals surface area contributed by atoms with Crippen LogP contribution < -0.4 is 4.74 Å². The van der Waals surface area contributed by atoms with Gasteiger partial charge in [0, 0.05) is 16.7 Å². The van der Waals surface area contributed by atoms with Gasteiger partial charge in [-0.1, -0.05) is 75.1 Å². The van der Waals surface area contributed by atoms with Crippen molar-refractivity contribution < 1.29 is 24.0 Å². The zero-order chi connectivity index (χ0) is 28.2. The monoisotopic (exact) mass is 537 g/mol. The number of benzene rings is 3. The first-order chi connectivity index (χ1) is 19.4. The molecule has 0 aromatic heterocycles. The average molecular weight is 538 g/mol. The van der Waals surface area contributed by atoms with Crippen LogP contribution in [0.5, 0.6) is 5.75 Å². The number of fused-ring (bicyclic) bond motifs is 1. The standard InChI is InChI=1S/C34H35NO5/c1-4-5-12-23-18-19-27-31(37)33(35-40-34(38)24-13-7-6-8-14-24)39-32(27)29(23)28-20-25(17-16-22(28)3)30(36)26-15-10-9-11-21(26)2/h9-11,15-20,24H,4-8,12-14H2,1-3H3/b35-33-. The number of carbonyl (C=O) groups is 3. The maximum absolute atomic E-state index is 13.5. The fraction of sp³-hybridized carbons (Fsp3) is 0.353. The molecule has 40 heavy (non-hydrogen) atoms. The van der Waals surface area contributed by atoms with Crippen molar-refractivity contribution in [3.8, 4) is 16.9 Å². The fourth-order valence-electron chi connectivity index (χ4n) is 5.61. The van der Waals surface area contributed by atoms with Gasteiger partial charge < -0.3 is 9.57 Å². The van der Waals surface area contributed by atoms with E-state index >= 15 is 0 Å². The molecule has 0 unspecified atom stereocenters. The number of hydrogen-bond acceptors (Lipinski definition) is 6. The largest absolute Gasteiger partial charge is 0.432 e. The molecule has 0 amide bonds. The highest BCUT2D eigenvalue weighted by Gasteiger charge is 2.35. The first-order valence-electron chi connectivity index (χ1n) is 14.3. The summed E-state index contributed by atoms with van der Waals surface area (Å²) in [5.74, 6) is -0.922. The summed E-state index contributed by atoms with van der Waals surface area (Å²) in [6.45, 7) is 6.04. The van der Waals surface area contributed by atoms with Crippen LogP contribution in [0.4, 0.5) is 0 Å². The van der Waals surface area contributed by atoms with Crippen LogP contribution in [0, 0.1) is 19.8 Å². The van der Waals surface area contributed by atoms with Gasteiger partial charge in [-0.15, -0.1) is 0 Å². The van der Waals surface area contributed by atoms with E-state index < -0.39 is 11.8 Å². The highest BCUT2D eigenvalue weighted by Crippen LogP contribution is 2.42. The Kier molecular flexibility index (Phi) is 8.24. The van der Waals surface area contributed by atoms with Gasteiger partial charge in [0.2, 0.25) is 0 Å². The second-order valence-electron chi connectivity index (χ2n) is 10.8. The topological polar surface area (TPSA) is 82.0 Å². The van der Waals surface area contributed by atoms with Gasteiger partial charge in [-0.25, -0.2) is 4.79 Å². The van der Waals surface area contributed by atoms with E-state index in [4.69, 9.17) is 9.57 Å². The van der Waals surface area contributed by atoms with Gasteiger partial charge in [0.15, 0.2) is 5.78 Å². The Morgan fingerprint density at radius 1 is 0.950 bits per heavy atom. The van der Waals surface area contributed by atoms with Crippen molar-refractivity contribution in [1.82, 2.24) is 0 Å². The van der Waals surface area contributed by atoms with Crippen LogP contribution in [-0.4, -0.2) is 23.4 Å². The second kappa shape index (κ2) is 12.0. The third-order valence-electron chi connectivity index (χ3n) is 8.00. The predicted molar refractivity (Wildman–Crippen MR) is 155 cm³/mol. The van der Waals surface area contributed by atoms with E-state index in [1.807, 2.05) is 62.4 Å². The predicted octanol–water partition coefficient (Wildman–Crippen LogP) is 7.56. The molecular formula is C34H35NO5. The molecule has 3 aromatic rings. The van der Waals surface area contributed by atoms with E-state index in [1.165, 1.54) is 0 Å². The van der Waals surface area contributed by atoms with Crippen molar-refractivity contribution in [2.45, 2.75) is 72.1 Å². The third kappa shape index (κ3) is 5.48. The molecule has 0 saturated heterocycles. The molecule has 6 nitrogen and oxygen atoms in total. The number of hydrogen-bond donors (Lipinski definition) is 0. The highest BCUT2D eigenvalue weighted by molar-refractivity contribution is 6.47. The summed E-state index contributed by atoms with van der Waals surface area (Å²) < 4.78 is 6.06. The third-order valence-corrected chi connectivity index (χ3v) is 8.00. The molecule has 1 aliphatic carbocycles. The lowest BCUT2D eigenvalue weighted by Crippen LogP contribution is -2.20. The summed E-state index contributed by atoms with van der Waals surface area (Å²) in [5, 5.41) is 3.88. The minimum Gasteiger partial charge on any atom is -0.432 e. The minimum absolute atomic E-state index is 0.0593. The van der Waals surface area contributed by atoms with E-state index in [-0.39, 0.29) is 17.6 Å². The Labute approximate surface area is 235 Å². The number of rotatable bonds is 8. The molecule has 1 heterocycles. The van der Waals surface area contributed by atoms with Crippen LogP contribution >= 0.6 is 0 Å².